The van der Waals surface area contributed by atoms with E-state index < -0.39 is 0 Å². The van der Waals surface area contributed by atoms with Crippen LogP contribution >= 0.6 is 0 Å². The summed E-state index contributed by atoms with van der Waals surface area (Å²) in [6.07, 6.45) is 3.51. The smallest absolute Gasteiger partial charge is 0.292 e. The maximum absolute atomic E-state index is 12.7. The first kappa shape index (κ1) is 23.8. The van der Waals surface area contributed by atoms with Crippen LogP contribution in [0.1, 0.15) is 30.9 Å². The molecule has 8 nitrogen and oxygen atoms in total. The highest BCUT2D eigenvalue weighted by molar-refractivity contribution is 5.92. The fraction of sp³-hybridized carbons (Fsp3) is 0.423. The Hall–Kier alpha value is -3.39. The van der Waals surface area contributed by atoms with E-state index in [1.807, 2.05) is 34.1 Å². The first-order chi connectivity index (χ1) is 16.4. The fourth-order valence-corrected chi connectivity index (χ4v) is 4.37. The molecule has 4 rings (SSSR count). The first-order valence-electron chi connectivity index (χ1n) is 11.9. The number of rotatable bonds is 6. The predicted octanol–water partition coefficient (Wildman–Crippen LogP) is 3.92. The van der Waals surface area contributed by atoms with Gasteiger partial charge < -0.3 is 19.4 Å². The Balaban J connectivity index is 1.38. The zero-order chi connectivity index (χ0) is 24.1. The minimum atomic E-state index is -0.326. The van der Waals surface area contributed by atoms with Gasteiger partial charge in [0.15, 0.2) is 0 Å². The largest absolute Gasteiger partial charge is 0.378 e. The standard InChI is InChI=1S/C26H32N4O4/c1-20(2)22-6-3-21(4-7-22)5-10-26(31)29-13-11-27(12-14-29)23-8-9-24(30(32)33)25(19-23)28-15-17-34-18-16-28/h3-10,19-20H,11-18H2,1-2H3/b10-5+. The number of nitro groups is 1. The van der Waals surface area contributed by atoms with E-state index in [2.05, 4.69) is 30.9 Å². The minimum Gasteiger partial charge on any atom is -0.378 e. The van der Waals surface area contributed by atoms with Crippen LogP contribution in [0.5, 0.6) is 0 Å². The van der Waals surface area contributed by atoms with E-state index in [4.69, 9.17) is 4.74 Å². The summed E-state index contributed by atoms with van der Waals surface area (Å²) in [5, 5.41) is 11.6. The number of morpholine rings is 1. The maximum atomic E-state index is 12.7. The van der Waals surface area contributed by atoms with Crippen molar-refractivity contribution in [1.82, 2.24) is 4.90 Å². The molecule has 2 aromatic carbocycles. The second-order valence-electron chi connectivity index (χ2n) is 9.00. The number of amides is 1. The second-order valence-corrected chi connectivity index (χ2v) is 9.00. The number of nitro benzene ring substituents is 1. The van der Waals surface area contributed by atoms with Gasteiger partial charge in [-0.1, -0.05) is 38.1 Å². The third kappa shape index (κ3) is 5.56. The molecule has 2 aliphatic heterocycles. The van der Waals surface area contributed by atoms with Crippen molar-refractivity contribution in [3.63, 3.8) is 0 Å². The monoisotopic (exact) mass is 464 g/mol. The lowest BCUT2D eigenvalue weighted by molar-refractivity contribution is -0.384. The zero-order valence-electron chi connectivity index (χ0n) is 19.9. The molecule has 2 aromatic rings. The summed E-state index contributed by atoms with van der Waals surface area (Å²) in [7, 11) is 0. The van der Waals surface area contributed by atoms with Crippen LogP contribution in [-0.4, -0.2) is 68.2 Å². The molecule has 2 heterocycles. The minimum absolute atomic E-state index is 0.00490. The molecule has 0 radical (unpaired) electrons. The van der Waals surface area contributed by atoms with Gasteiger partial charge in [-0.25, -0.2) is 0 Å². The summed E-state index contributed by atoms with van der Waals surface area (Å²) in [5.41, 5.74) is 3.99. The van der Waals surface area contributed by atoms with Gasteiger partial charge >= 0.3 is 0 Å². The lowest BCUT2D eigenvalue weighted by atomic mass is 10.0. The second kappa shape index (κ2) is 10.7. The molecule has 2 saturated heterocycles. The van der Waals surface area contributed by atoms with Gasteiger partial charge in [-0.05, 0) is 35.3 Å². The topological polar surface area (TPSA) is 79.2 Å². The van der Waals surface area contributed by atoms with Gasteiger partial charge in [0.1, 0.15) is 5.69 Å². The van der Waals surface area contributed by atoms with Crippen LogP contribution < -0.4 is 9.80 Å². The van der Waals surface area contributed by atoms with Crippen LogP contribution in [0.15, 0.2) is 48.5 Å². The molecule has 0 atom stereocenters. The number of benzene rings is 2. The Morgan fingerprint density at radius 2 is 1.65 bits per heavy atom. The van der Waals surface area contributed by atoms with Crippen molar-refractivity contribution in [2.24, 2.45) is 0 Å². The van der Waals surface area contributed by atoms with E-state index in [1.165, 1.54) is 5.56 Å². The number of anilines is 2. The highest BCUT2D eigenvalue weighted by atomic mass is 16.6. The third-order valence-corrected chi connectivity index (χ3v) is 6.49. The molecule has 2 fully saturated rings. The van der Waals surface area contributed by atoms with E-state index in [0.717, 1.165) is 11.3 Å². The van der Waals surface area contributed by atoms with Crippen LogP contribution in [-0.2, 0) is 9.53 Å². The molecular formula is C26H32N4O4. The molecule has 34 heavy (non-hydrogen) atoms. The molecule has 2 aliphatic rings. The molecule has 0 N–H and O–H groups in total. The summed E-state index contributed by atoms with van der Waals surface area (Å²) >= 11 is 0. The molecule has 8 heteroatoms. The highest BCUT2D eigenvalue weighted by Crippen LogP contribution is 2.33. The van der Waals surface area contributed by atoms with Crippen LogP contribution in [0.4, 0.5) is 17.1 Å². The molecule has 0 spiro atoms. The normalized spacial score (nSPS) is 17.0. The first-order valence-corrected chi connectivity index (χ1v) is 11.9. The van der Waals surface area contributed by atoms with Gasteiger partial charge in [0.05, 0.1) is 18.1 Å². The van der Waals surface area contributed by atoms with Crippen molar-refractivity contribution in [3.8, 4) is 0 Å². The van der Waals surface area contributed by atoms with Crippen molar-refractivity contribution < 1.29 is 14.5 Å². The van der Waals surface area contributed by atoms with Crippen molar-refractivity contribution in [2.75, 3.05) is 62.3 Å². The number of nitrogens with zero attached hydrogens (tertiary/aromatic N) is 4. The summed E-state index contributed by atoms with van der Waals surface area (Å²) < 4.78 is 5.40. The van der Waals surface area contributed by atoms with E-state index in [1.54, 1.807) is 18.2 Å². The Bertz CT molecular complexity index is 1040. The summed E-state index contributed by atoms with van der Waals surface area (Å²) in [5.74, 6) is 0.488. The van der Waals surface area contributed by atoms with Gasteiger partial charge in [0.25, 0.3) is 5.69 Å². The summed E-state index contributed by atoms with van der Waals surface area (Å²) in [6, 6.07) is 13.6. The molecule has 0 saturated carbocycles. The Labute approximate surface area is 200 Å². The Morgan fingerprint density at radius 1 is 0.971 bits per heavy atom. The fourth-order valence-electron chi connectivity index (χ4n) is 4.37. The lowest BCUT2D eigenvalue weighted by Crippen LogP contribution is -2.48. The third-order valence-electron chi connectivity index (χ3n) is 6.49. The molecule has 0 unspecified atom stereocenters. The molecule has 0 aromatic heterocycles. The van der Waals surface area contributed by atoms with Crippen LogP contribution in [0.3, 0.4) is 0 Å². The number of carbonyl (C=O) groups is 1. The van der Waals surface area contributed by atoms with E-state index in [0.29, 0.717) is 64.1 Å². The quantitative estimate of drug-likeness (QED) is 0.366. The van der Waals surface area contributed by atoms with Crippen LogP contribution in [0.2, 0.25) is 0 Å². The van der Waals surface area contributed by atoms with Crippen LogP contribution in [0, 0.1) is 10.1 Å². The van der Waals surface area contributed by atoms with Crippen molar-refractivity contribution >= 4 is 29.0 Å². The van der Waals surface area contributed by atoms with E-state index >= 15 is 0 Å². The number of ether oxygens (including phenoxy) is 1. The molecule has 180 valence electrons. The average Bonchev–Trinajstić information content (AvgIpc) is 2.87. The molecular weight excluding hydrogens is 432 g/mol. The SMILES string of the molecule is CC(C)c1ccc(/C=C/C(=O)N2CCN(c3ccc([N+](=O)[O-])c(N4CCOCC4)c3)CC2)cc1. The van der Waals surface area contributed by atoms with Crippen molar-refractivity contribution in [3.05, 3.63) is 69.8 Å². The highest BCUT2D eigenvalue weighted by Gasteiger charge is 2.25. The van der Waals surface area contributed by atoms with Gasteiger partial charge in [0.2, 0.25) is 5.91 Å². The Morgan fingerprint density at radius 3 is 2.26 bits per heavy atom. The van der Waals surface area contributed by atoms with Gasteiger partial charge in [0, 0.05) is 57.1 Å². The van der Waals surface area contributed by atoms with E-state index in [-0.39, 0.29) is 16.5 Å². The maximum Gasteiger partial charge on any atom is 0.292 e. The molecule has 0 aliphatic carbocycles. The van der Waals surface area contributed by atoms with Crippen molar-refractivity contribution in [1.29, 1.82) is 0 Å². The molecule has 0 bridgehead atoms. The average molecular weight is 465 g/mol. The lowest BCUT2D eigenvalue weighted by Gasteiger charge is -2.36. The summed E-state index contributed by atoms with van der Waals surface area (Å²) in [6.45, 7) is 9.32. The molecule has 1 amide bonds. The van der Waals surface area contributed by atoms with Gasteiger partial charge in [-0.3, -0.25) is 14.9 Å². The predicted molar refractivity (Wildman–Crippen MR) is 134 cm³/mol. The van der Waals surface area contributed by atoms with Gasteiger partial charge in [-0.2, -0.15) is 0 Å². The summed E-state index contributed by atoms with van der Waals surface area (Å²) in [4.78, 5) is 30.0. The number of piperazine rings is 1. The number of hydrogen-bond acceptors (Lipinski definition) is 6. The Kier molecular flexibility index (Phi) is 7.47. The number of carbonyl (C=O) groups excluding carboxylic acids is 1. The van der Waals surface area contributed by atoms with Gasteiger partial charge in [-0.15, -0.1) is 0 Å². The van der Waals surface area contributed by atoms with Crippen molar-refractivity contribution in [2.45, 2.75) is 19.8 Å². The van der Waals surface area contributed by atoms with Crippen LogP contribution in [0.25, 0.3) is 6.08 Å². The zero-order valence-corrected chi connectivity index (χ0v) is 19.9. The van der Waals surface area contributed by atoms with E-state index in [9.17, 15) is 14.9 Å². The number of hydrogen-bond donors (Lipinski definition) is 0.